The van der Waals surface area contributed by atoms with E-state index in [0.29, 0.717) is 24.0 Å². The molecule has 2 aliphatic carbocycles. The van der Waals surface area contributed by atoms with Crippen molar-refractivity contribution in [1.82, 2.24) is 0 Å². The molecule has 2 aliphatic rings. The standard InChI is InChI=1S/C21H32O5/c1-14(2)20(23)25-13-12-16-4-6-17(7-5-16)18-8-10-19(11-9-18)26-21(24)15(3)22/h16-19H,1,4-13H2,2-3H3. The van der Waals surface area contributed by atoms with Crippen molar-refractivity contribution in [3.8, 4) is 0 Å². The van der Waals surface area contributed by atoms with E-state index < -0.39 is 11.8 Å². The minimum Gasteiger partial charge on any atom is -0.462 e. The van der Waals surface area contributed by atoms with Gasteiger partial charge in [-0.3, -0.25) is 4.79 Å². The summed E-state index contributed by atoms with van der Waals surface area (Å²) in [6.45, 7) is 7.01. The van der Waals surface area contributed by atoms with Gasteiger partial charge in [-0.15, -0.1) is 0 Å². The van der Waals surface area contributed by atoms with Gasteiger partial charge in [0.05, 0.1) is 6.61 Å². The fourth-order valence-electron chi connectivity index (χ4n) is 4.30. The van der Waals surface area contributed by atoms with Gasteiger partial charge in [-0.1, -0.05) is 19.4 Å². The smallest absolute Gasteiger partial charge is 0.374 e. The highest BCUT2D eigenvalue weighted by Gasteiger charge is 2.32. The Kier molecular flexibility index (Phi) is 7.85. The summed E-state index contributed by atoms with van der Waals surface area (Å²) in [5, 5.41) is 0. The number of carbonyl (C=O) groups is 3. The monoisotopic (exact) mass is 364 g/mol. The first kappa shape index (κ1) is 20.7. The van der Waals surface area contributed by atoms with E-state index in [0.717, 1.165) is 38.0 Å². The summed E-state index contributed by atoms with van der Waals surface area (Å²) >= 11 is 0. The maximum absolute atomic E-state index is 11.4. The Hall–Kier alpha value is -1.65. The molecule has 0 spiro atoms. The zero-order valence-electron chi connectivity index (χ0n) is 16.1. The molecule has 0 unspecified atom stereocenters. The summed E-state index contributed by atoms with van der Waals surface area (Å²) in [5.41, 5.74) is 0.457. The third-order valence-electron chi connectivity index (χ3n) is 5.95. The molecule has 0 aromatic carbocycles. The predicted molar refractivity (Wildman–Crippen MR) is 98.4 cm³/mol. The van der Waals surface area contributed by atoms with Crippen LogP contribution < -0.4 is 0 Å². The van der Waals surface area contributed by atoms with Crippen molar-refractivity contribution in [1.29, 1.82) is 0 Å². The zero-order chi connectivity index (χ0) is 19.1. The number of esters is 2. The highest BCUT2D eigenvalue weighted by Crippen LogP contribution is 2.41. The molecule has 0 radical (unpaired) electrons. The van der Waals surface area contributed by atoms with Gasteiger partial charge in [0.25, 0.3) is 0 Å². The minimum absolute atomic E-state index is 0.0815. The Morgan fingerprint density at radius 1 is 0.846 bits per heavy atom. The summed E-state index contributed by atoms with van der Waals surface area (Å²) in [5.74, 6) is 0.622. The van der Waals surface area contributed by atoms with Crippen molar-refractivity contribution in [2.75, 3.05) is 6.61 Å². The topological polar surface area (TPSA) is 69.7 Å². The van der Waals surface area contributed by atoms with Crippen molar-refractivity contribution < 1.29 is 23.9 Å². The lowest BCUT2D eigenvalue weighted by Gasteiger charge is -2.37. The van der Waals surface area contributed by atoms with Gasteiger partial charge in [0, 0.05) is 12.5 Å². The van der Waals surface area contributed by atoms with E-state index in [1.54, 1.807) is 6.92 Å². The van der Waals surface area contributed by atoms with E-state index >= 15 is 0 Å². The lowest BCUT2D eigenvalue weighted by atomic mass is 9.70. The molecule has 0 heterocycles. The summed E-state index contributed by atoms with van der Waals surface area (Å²) in [7, 11) is 0. The molecule has 0 amide bonds. The highest BCUT2D eigenvalue weighted by atomic mass is 16.5. The number of carbonyl (C=O) groups excluding carboxylic acids is 3. The molecule has 26 heavy (non-hydrogen) atoms. The van der Waals surface area contributed by atoms with E-state index in [2.05, 4.69) is 6.58 Å². The summed E-state index contributed by atoms with van der Waals surface area (Å²) < 4.78 is 10.5. The van der Waals surface area contributed by atoms with Crippen LogP contribution in [-0.2, 0) is 23.9 Å². The highest BCUT2D eigenvalue weighted by molar-refractivity contribution is 6.32. The Bertz CT molecular complexity index is 523. The lowest BCUT2D eigenvalue weighted by Crippen LogP contribution is -2.31. The summed E-state index contributed by atoms with van der Waals surface area (Å²) in [4.78, 5) is 33.8. The first-order valence-electron chi connectivity index (χ1n) is 9.91. The molecule has 0 N–H and O–H groups in total. The van der Waals surface area contributed by atoms with Crippen LogP contribution in [0.5, 0.6) is 0 Å². The first-order valence-corrected chi connectivity index (χ1v) is 9.91. The van der Waals surface area contributed by atoms with Gasteiger partial charge in [0.1, 0.15) is 6.10 Å². The second-order valence-electron chi connectivity index (χ2n) is 7.98. The van der Waals surface area contributed by atoms with Crippen LogP contribution in [0, 0.1) is 17.8 Å². The number of rotatable bonds is 7. The molecule has 146 valence electrons. The molecule has 0 aromatic rings. The number of hydrogen-bond donors (Lipinski definition) is 0. The van der Waals surface area contributed by atoms with Gasteiger partial charge in [-0.25, -0.2) is 9.59 Å². The Balaban J connectivity index is 1.63. The molecular weight excluding hydrogens is 332 g/mol. The van der Waals surface area contributed by atoms with Crippen LogP contribution in [0.25, 0.3) is 0 Å². The fourth-order valence-corrected chi connectivity index (χ4v) is 4.30. The molecule has 0 bridgehead atoms. The van der Waals surface area contributed by atoms with Crippen LogP contribution >= 0.6 is 0 Å². The number of ketones is 1. The van der Waals surface area contributed by atoms with Crippen molar-refractivity contribution >= 4 is 17.7 Å². The van der Waals surface area contributed by atoms with Crippen LogP contribution in [0.3, 0.4) is 0 Å². The zero-order valence-corrected chi connectivity index (χ0v) is 16.1. The first-order chi connectivity index (χ1) is 12.4. The molecule has 0 atom stereocenters. The molecule has 2 rings (SSSR count). The second-order valence-corrected chi connectivity index (χ2v) is 7.98. The SMILES string of the molecule is C=C(C)C(=O)OCCC1CCC(C2CCC(OC(=O)C(C)=O)CC2)CC1. The maximum Gasteiger partial charge on any atom is 0.374 e. The normalized spacial score (nSPS) is 28.8. The fraction of sp³-hybridized carbons (Fsp3) is 0.762. The maximum atomic E-state index is 11.4. The third kappa shape index (κ3) is 6.26. The van der Waals surface area contributed by atoms with Crippen LogP contribution in [0.1, 0.15) is 71.6 Å². The quantitative estimate of drug-likeness (QED) is 0.388. The number of Topliss-reactive ketones (excluding diaryl/α,β-unsaturated/α-hetero) is 1. The van der Waals surface area contributed by atoms with E-state index in [-0.39, 0.29) is 12.1 Å². The van der Waals surface area contributed by atoms with Crippen molar-refractivity contribution in [3.63, 3.8) is 0 Å². The van der Waals surface area contributed by atoms with Gasteiger partial charge >= 0.3 is 11.9 Å². The van der Waals surface area contributed by atoms with Crippen molar-refractivity contribution in [2.45, 2.75) is 77.7 Å². The Morgan fingerprint density at radius 2 is 1.38 bits per heavy atom. The largest absolute Gasteiger partial charge is 0.462 e. The molecule has 0 aromatic heterocycles. The van der Waals surface area contributed by atoms with Crippen LogP contribution in [0.4, 0.5) is 0 Å². The van der Waals surface area contributed by atoms with Gasteiger partial charge in [0.15, 0.2) is 0 Å². The molecule has 2 fully saturated rings. The lowest BCUT2D eigenvalue weighted by molar-refractivity contribution is -0.158. The Labute approximate surface area is 156 Å². The molecule has 0 aliphatic heterocycles. The second kappa shape index (κ2) is 9.89. The molecule has 5 heteroatoms. The average molecular weight is 364 g/mol. The van der Waals surface area contributed by atoms with Gasteiger partial charge < -0.3 is 9.47 Å². The molecule has 2 saturated carbocycles. The van der Waals surface area contributed by atoms with Gasteiger partial charge in [-0.05, 0) is 69.6 Å². The van der Waals surface area contributed by atoms with E-state index in [1.165, 1.54) is 32.6 Å². The number of ether oxygens (including phenoxy) is 2. The summed E-state index contributed by atoms with van der Waals surface area (Å²) in [6, 6.07) is 0. The van der Waals surface area contributed by atoms with Crippen molar-refractivity contribution in [2.24, 2.45) is 17.8 Å². The molecule has 5 nitrogen and oxygen atoms in total. The molecular formula is C21H32O5. The van der Waals surface area contributed by atoms with Crippen LogP contribution in [-0.4, -0.2) is 30.4 Å². The van der Waals surface area contributed by atoms with Crippen LogP contribution in [0.15, 0.2) is 12.2 Å². The number of hydrogen-bond acceptors (Lipinski definition) is 5. The average Bonchev–Trinajstić information content (AvgIpc) is 2.62. The van der Waals surface area contributed by atoms with E-state index in [9.17, 15) is 14.4 Å². The van der Waals surface area contributed by atoms with E-state index in [1.807, 2.05) is 0 Å². The molecule has 0 saturated heterocycles. The minimum atomic E-state index is -0.693. The van der Waals surface area contributed by atoms with Gasteiger partial charge in [0.2, 0.25) is 5.78 Å². The van der Waals surface area contributed by atoms with Crippen molar-refractivity contribution in [3.05, 3.63) is 12.2 Å². The van der Waals surface area contributed by atoms with Gasteiger partial charge in [-0.2, -0.15) is 0 Å². The predicted octanol–water partition coefficient (Wildman–Crippen LogP) is 3.99. The third-order valence-corrected chi connectivity index (χ3v) is 5.95. The summed E-state index contributed by atoms with van der Waals surface area (Å²) in [6.07, 6.45) is 9.66. The van der Waals surface area contributed by atoms with Crippen LogP contribution in [0.2, 0.25) is 0 Å². The Morgan fingerprint density at radius 3 is 1.88 bits per heavy atom. The van der Waals surface area contributed by atoms with E-state index in [4.69, 9.17) is 9.47 Å².